The number of carbonyl (C=O) groups is 1. The molecule has 0 saturated carbocycles. The Hall–Kier alpha value is -2.12. The summed E-state index contributed by atoms with van der Waals surface area (Å²) in [5, 5.41) is 0.794. The molecular formula is C14H13N3O3S. The number of hydrogen-bond acceptors (Lipinski definition) is 7. The Kier molecular flexibility index (Phi) is 3.76. The van der Waals surface area contributed by atoms with Gasteiger partial charge in [0.2, 0.25) is 0 Å². The number of ether oxygens (including phenoxy) is 2. The van der Waals surface area contributed by atoms with E-state index >= 15 is 0 Å². The number of aldehydes is 1. The van der Waals surface area contributed by atoms with Crippen molar-refractivity contribution in [2.24, 2.45) is 0 Å². The van der Waals surface area contributed by atoms with Crippen molar-refractivity contribution in [3.63, 3.8) is 0 Å². The molecule has 108 valence electrons. The van der Waals surface area contributed by atoms with Crippen LogP contribution in [0.5, 0.6) is 5.75 Å². The summed E-state index contributed by atoms with van der Waals surface area (Å²) in [7, 11) is 3.16. The molecular weight excluding hydrogens is 290 g/mol. The van der Waals surface area contributed by atoms with Crippen molar-refractivity contribution in [2.45, 2.75) is 9.92 Å². The highest BCUT2D eigenvalue weighted by Crippen LogP contribution is 2.47. The molecule has 0 atom stereocenters. The maximum absolute atomic E-state index is 11.2. The summed E-state index contributed by atoms with van der Waals surface area (Å²) in [5.74, 6) is 1.26. The van der Waals surface area contributed by atoms with Crippen LogP contribution in [0.15, 0.2) is 34.4 Å². The van der Waals surface area contributed by atoms with Crippen molar-refractivity contribution >= 4 is 29.6 Å². The average Bonchev–Trinajstić information content (AvgIpc) is 2.53. The molecule has 1 aliphatic heterocycles. The van der Waals surface area contributed by atoms with E-state index in [1.54, 1.807) is 32.7 Å². The van der Waals surface area contributed by atoms with E-state index in [1.165, 1.54) is 11.8 Å². The molecule has 2 heterocycles. The highest BCUT2D eigenvalue weighted by molar-refractivity contribution is 7.99. The molecule has 0 radical (unpaired) electrons. The van der Waals surface area contributed by atoms with E-state index in [1.807, 2.05) is 11.0 Å². The lowest BCUT2D eigenvalue weighted by Crippen LogP contribution is -2.24. The predicted molar refractivity (Wildman–Crippen MR) is 78.6 cm³/mol. The Labute approximate surface area is 126 Å². The molecule has 0 N–H and O–H groups in total. The van der Waals surface area contributed by atoms with Crippen LogP contribution in [0.4, 0.5) is 11.5 Å². The Bertz CT molecular complexity index is 693. The van der Waals surface area contributed by atoms with Crippen LogP contribution in [-0.4, -0.2) is 37.2 Å². The van der Waals surface area contributed by atoms with Gasteiger partial charge in [0.15, 0.2) is 12.1 Å². The van der Waals surface area contributed by atoms with E-state index in [9.17, 15) is 4.79 Å². The molecule has 1 aliphatic rings. The van der Waals surface area contributed by atoms with Gasteiger partial charge in [0, 0.05) is 24.4 Å². The van der Waals surface area contributed by atoms with Gasteiger partial charge in [-0.05, 0) is 12.1 Å². The van der Waals surface area contributed by atoms with Crippen molar-refractivity contribution < 1.29 is 14.3 Å². The summed E-state index contributed by atoms with van der Waals surface area (Å²) in [5.41, 5.74) is 1.35. The molecule has 0 unspecified atom stereocenters. The van der Waals surface area contributed by atoms with Gasteiger partial charge in [-0.15, -0.1) is 0 Å². The Morgan fingerprint density at radius 3 is 2.81 bits per heavy atom. The number of anilines is 2. The summed E-state index contributed by atoms with van der Waals surface area (Å²) in [6.07, 6.45) is 4.07. The predicted octanol–water partition coefficient (Wildman–Crippen LogP) is 2.50. The molecule has 0 amide bonds. The van der Waals surface area contributed by atoms with E-state index in [0.29, 0.717) is 18.0 Å². The first-order valence-corrected chi connectivity index (χ1v) is 7.02. The molecule has 2 aromatic rings. The van der Waals surface area contributed by atoms with Gasteiger partial charge in [0.05, 0.1) is 18.4 Å². The number of nitrogens with zero attached hydrogens (tertiary/aromatic N) is 3. The minimum atomic E-state index is 0.323. The van der Waals surface area contributed by atoms with Gasteiger partial charge in [-0.3, -0.25) is 9.69 Å². The van der Waals surface area contributed by atoms with Gasteiger partial charge in [0.25, 0.3) is 0 Å². The summed E-state index contributed by atoms with van der Waals surface area (Å²) < 4.78 is 10.5. The second-order valence-corrected chi connectivity index (χ2v) is 5.34. The van der Waals surface area contributed by atoms with Gasteiger partial charge >= 0.3 is 0 Å². The Morgan fingerprint density at radius 2 is 2.10 bits per heavy atom. The van der Waals surface area contributed by atoms with E-state index in [2.05, 4.69) is 9.97 Å². The SMILES string of the molecule is COCN1c2cc(C=O)c(OC)cc2Sc2nccnc21. The molecule has 0 spiro atoms. The van der Waals surface area contributed by atoms with Crippen molar-refractivity contribution in [2.75, 3.05) is 25.9 Å². The Balaban J connectivity index is 2.17. The topological polar surface area (TPSA) is 64.5 Å². The number of benzene rings is 1. The van der Waals surface area contributed by atoms with E-state index in [0.717, 1.165) is 27.7 Å². The summed E-state index contributed by atoms with van der Waals surface area (Å²) in [6.45, 7) is 0.323. The van der Waals surface area contributed by atoms with Crippen LogP contribution in [0.1, 0.15) is 10.4 Å². The minimum absolute atomic E-state index is 0.323. The first kappa shape index (κ1) is 13.8. The molecule has 0 saturated heterocycles. The fourth-order valence-electron chi connectivity index (χ4n) is 2.18. The van der Waals surface area contributed by atoms with Gasteiger partial charge in [-0.25, -0.2) is 9.97 Å². The zero-order valence-corrected chi connectivity index (χ0v) is 12.4. The quantitative estimate of drug-likeness (QED) is 0.804. The number of aromatic nitrogens is 2. The second kappa shape index (κ2) is 5.71. The third-order valence-corrected chi connectivity index (χ3v) is 4.12. The van der Waals surface area contributed by atoms with Crippen LogP contribution in [-0.2, 0) is 4.74 Å². The first-order valence-electron chi connectivity index (χ1n) is 6.21. The number of hydrogen-bond donors (Lipinski definition) is 0. The van der Waals surface area contributed by atoms with Crippen LogP contribution < -0.4 is 9.64 Å². The summed E-state index contributed by atoms with van der Waals surface area (Å²) >= 11 is 1.49. The third-order valence-electron chi connectivity index (χ3n) is 3.10. The number of methoxy groups -OCH3 is 2. The first-order chi connectivity index (χ1) is 10.3. The zero-order valence-electron chi connectivity index (χ0n) is 11.6. The van der Waals surface area contributed by atoms with Crippen LogP contribution >= 0.6 is 11.8 Å². The number of fused-ring (bicyclic) bond motifs is 2. The van der Waals surface area contributed by atoms with E-state index < -0.39 is 0 Å². The molecule has 1 aromatic heterocycles. The summed E-state index contributed by atoms with van der Waals surface area (Å²) in [4.78, 5) is 22.8. The van der Waals surface area contributed by atoms with E-state index in [-0.39, 0.29) is 0 Å². The van der Waals surface area contributed by atoms with Crippen molar-refractivity contribution in [1.29, 1.82) is 0 Å². The number of carbonyl (C=O) groups excluding carboxylic acids is 1. The molecule has 3 rings (SSSR count). The number of rotatable bonds is 4. The maximum Gasteiger partial charge on any atom is 0.168 e. The van der Waals surface area contributed by atoms with E-state index in [4.69, 9.17) is 9.47 Å². The fourth-order valence-corrected chi connectivity index (χ4v) is 3.20. The lowest BCUT2D eigenvalue weighted by Gasteiger charge is -2.30. The van der Waals surface area contributed by atoms with Crippen molar-refractivity contribution in [1.82, 2.24) is 9.97 Å². The Morgan fingerprint density at radius 1 is 1.29 bits per heavy atom. The monoisotopic (exact) mass is 303 g/mol. The van der Waals surface area contributed by atoms with Gasteiger partial charge in [0.1, 0.15) is 17.5 Å². The molecule has 7 heteroatoms. The lowest BCUT2D eigenvalue weighted by molar-refractivity contribution is 0.112. The van der Waals surface area contributed by atoms with Crippen LogP contribution in [0.2, 0.25) is 0 Å². The molecule has 0 aliphatic carbocycles. The molecule has 1 aromatic carbocycles. The molecule has 0 bridgehead atoms. The normalized spacial score (nSPS) is 12.6. The smallest absolute Gasteiger partial charge is 0.168 e. The largest absolute Gasteiger partial charge is 0.496 e. The lowest BCUT2D eigenvalue weighted by atomic mass is 10.1. The minimum Gasteiger partial charge on any atom is -0.496 e. The van der Waals surface area contributed by atoms with Gasteiger partial charge in [-0.1, -0.05) is 11.8 Å². The highest BCUT2D eigenvalue weighted by atomic mass is 32.2. The van der Waals surface area contributed by atoms with Crippen LogP contribution in [0.25, 0.3) is 0 Å². The highest BCUT2D eigenvalue weighted by Gasteiger charge is 2.27. The van der Waals surface area contributed by atoms with Gasteiger partial charge < -0.3 is 9.47 Å². The fraction of sp³-hybridized carbons (Fsp3) is 0.214. The van der Waals surface area contributed by atoms with Crippen LogP contribution in [0.3, 0.4) is 0 Å². The summed E-state index contributed by atoms with van der Waals surface area (Å²) in [6, 6.07) is 3.62. The zero-order chi connectivity index (χ0) is 14.8. The average molecular weight is 303 g/mol. The van der Waals surface area contributed by atoms with Crippen LogP contribution in [0, 0.1) is 0 Å². The molecule has 0 fully saturated rings. The molecule has 21 heavy (non-hydrogen) atoms. The third kappa shape index (κ3) is 2.34. The maximum atomic E-state index is 11.2. The van der Waals surface area contributed by atoms with Crippen molar-refractivity contribution in [3.05, 3.63) is 30.1 Å². The van der Waals surface area contributed by atoms with Gasteiger partial charge in [-0.2, -0.15) is 0 Å². The molecule has 6 nitrogen and oxygen atoms in total. The van der Waals surface area contributed by atoms with Crippen molar-refractivity contribution in [3.8, 4) is 5.75 Å². The second-order valence-electron chi connectivity index (χ2n) is 4.31. The standard InChI is InChI=1S/C14H13N3O3S/c1-19-8-17-10-5-9(7-18)11(20-2)6-12(10)21-14-13(17)15-3-4-16-14/h3-7H,8H2,1-2H3.